The zero-order chi connectivity index (χ0) is 14.9. The summed E-state index contributed by atoms with van der Waals surface area (Å²) in [5, 5.41) is 19.8. The minimum atomic E-state index is -1.08. The lowest BCUT2D eigenvalue weighted by molar-refractivity contribution is -0.385. The monoisotopic (exact) mass is 360 g/mol. The Morgan fingerprint density at radius 2 is 2.15 bits per heavy atom. The van der Waals surface area contributed by atoms with Crippen molar-refractivity contribution < 1.29 is 19.6 Å². The van der Waals surface area contributed by atoms with E-state index in [0.29, 0.717) is 10.2 Å². The van der Waals surface area contributed by atoms with E-state index in [4.69, 9.17) is 5.11 Å². The van der Waals surface area contributed by atoms with E-state index in [0.717, 1.165) is 6.07 Å². The van der Waals surface area contributed by atoms with Crippen LogP contribution in [0.3, 0.4) is 0 Å². The molecule has 1 heterocycles. The summed E-state index contributed by atoms with van der Waals surface area (Å²) >= 11 is 4.44. The second-order valence-corrected chi connectivity index (χ2v) is 6.00. The summed E-state index contributed by atoms with van der Waals surface area (Å²) < 4.78 is 0.397. The van der Waals surface area contributed by atoms with Gasteiger partial charge in [0.15, 0.2) is 0 Å². The fraction of sp³-hybridized carbons (Fsp3) is 0.273. The first-order valence-electron chi connectivity index (χ1n) is 5.46. The normalized spacial score (nSPS) is 18.1. The second-order valence-electron chi connectivity index (χ2n) is 4.08. The van der Waals surface area contributed by atoms with Crippen LogP contribution >= 0.6 is 27.7 Å². The molecule has 0 aromatic heterocycles. The van der Waals surface area contributed by atoms with Crippen LogP contribution in [0.15, 0.2) is 22.7 Å². The quantitative estimate of drug-likeness (QED) is 0.652. The number of rotatable bonds is 3. The van der Waals surface area contributed by atoms with Crippen LogP contribution in [0.1, 0.15) is 10.4 Å². The highest BCUT2D eigenvalue weighted by Crippen LogP contribution is 2.27. The van der Waals surface area contributed by atoms with Crippen molar-refractivity contribution in [3.63, 3.8) is 0 Å². The van der Waals surface area contributed by atoms with Crippen LogP contribution in [-0.4, -0.2) is 44.5 Å². The van der Waals surface area contributed by atoms with Crippen molar-refractivity contribution in [1.82, 2.24) is 4.90 Å². The van der Waals surface area contributed by atoms with Gasteiger partial charge in [-0.1, -0.05) is 15.9 Å². The maximum atomic E-state index is 12.3. The molecule has 1 saturated heterocycles. The summed E-state index contributed by atoms with van der Waals surface area (Å²) in [7, 11) is 0. The maximum absolute atomic E-state index is 12.3. The molecule has 0 unspecified atom stereocenters. The van der Waals surface area contributed by atoms with Gasteiger partial charge in [0, 0.05) is 27.9 Å². The number of nitro benzene ring substituents is 1. The number of non-ortho nitro benzene ring substituents is 1. The van der Waals surface area contributed by atoms with E-state index >= 15 is 0 Å². The van der Waals surface area contributed by atoms with Crippen LogP contribution in [-0.2, 0) is 4.79 Å². The van der Waals surface area contributed by atoms with Crippen molar-refractivity contribution in [2.24, 2.45) is 0 Å². The van der Waals surface area contributed by atoms with E-state index in [-0.39, 0.29) is 17.1 Å². The smallest absolute Gasteiger partial charge is 0.327 e. The Kier molecular flexibility index (Phi) is 4.29. The molecule has 106 valence electrons. The van der Waals surface area contributed by atoms with Gasteiger partial charge in [-0.15, -0.1) is 11.8 Å². The number of nitrogens with zero attached hydrogens (tertiary/aromatic N) is 2. The SMILES string of the molecule is O=C(O)[C@@H]1CSCN1C(=O)c1cc(Br)cc([N+](=O)[O-])c1. The molecule has 7 nitrogen and oxygen atoms in total. The Morgan fingerprint density at radius 1 is 1.45 bits per heavy atom. The van der Waals surface area contributed by atoms with Crippen molar-refractivity contribution in [2.45, 2.75) is 6.04 Å². The summed E-state index contributed by atoms with van der Waals surface area (Å²) in [4.78, 5) is 34.7. The number of carboxylic acid groups (broad SMARTS) is 1. The Hall–Kier alpha value is -1.61. The molecule has 1 amide bonds. The number of carboxylic acids is 1. The number of hydrogen-bond acceptors (Lipinski definition) is 5. The van der Waals surface area contributed by atoms with Crippen LogP contribution < -0.4 is 0 Å². The molecule has 20 heavy (non-hydrogen) atoms. The molecule has 0 spiro atoms. The third-order valence-corrected chi connectivity index (χ3v) is 4.24. The summed E-state index contributed by atoms with van der Waals surface area (Å²) in [5.41, 5.74) is -0.124. The lowest BCUT2D eigenvalue weighted by atomic mass is 10.1. The van der Waals surface area contributed by atoms with Crippen LogP contribution in [0.2, 0.25) is 0 Å². The molecule has 1 aromatic rings. The fourth-order valence-corrected chi connectivity index (χ4v) is 3.44. The average molecular weight is 361 g/mol. The molecule has 1 aromatic carbocycles. The lowest BCUT2D eigenvalue weighted by Gasteiger charge is -2.20. The number of hydrogen-bond donors (Lipinski definition) is 1. The number of carbonyl (C=O) groups excluding carboxylic acids is 1. The predicted octanol–water partition coefficient (Wildman–Crippen LogP) is 1.96. The third-order valence-electron chi connectivity index (χ3n) is 2.77. The van der Waals surface area contributed by atoms with Gasteiger partial charge in [0.05, 0.1) is 10.8 Å². The molecule has 1 atom stereocenters. The Bertz CT molecular complexity index is 594. The molecule has 0 saturated carbocycles. The van der Waals surface area contributed by atoms with E-state index in [2.05, 4.69) is 15.9 Å². The van der Waals surface area contributed by atoms with Gasteiger partial charge < -0.3 is 10.0 Å². The van der Waals surface area contributed by atoms with Crippen molar-refractivity contribution >= 4 is 45.3 Å². The molecule has 0 bridgehead atoms. The van der Waals surface area contributed by atoms with Gasteiger partial charge in [-0.05, 0) is 6.07 Å². The van der Waals surface area contributed by atoms with Crippen LogP contribution in [0.4, 0.5) is 5.69 Å². The first kappa shape index (κ1) is 14.8. The first-order chi connectivity index (χ1) is 9.40. The summed E-state index contributed by atoms with van der Waals surface area (Å²) in [5.74, 6) is -1.02. The molecule has 9 heteroatoms. The first-order valence-corrected chi connectivity index (χ1v) is 7.41. The van der Waals surface area contributed by atoms with Crippen LogP contribution in [0, 0.1) is 10.1 Å². The Morgan fingerprint density at radius 3 is 2.75 bits per heavy atom. The molecule has 1 aliphatic heterocycles. The number of benzene rings is 1. The van der Waals surface area contributed by atoms with Crippen LogP contribution in [0.25, 0.3) is 0 Å². The van der Waals surface area contributed by atoms with Crippen LogP contribution in [0.5, 0.6) is 0 Å². The number of aliphatic carboxylic acids is 1. The van der Waals surface area contributed by atoms with Gasteiger partial charge in [0.1, 0.15) is 6.04 Å². The van der Waals surface area contributed by atoms with Crippen molar-refractivity contribution in [1.29, 1.82) is 0 Å². The fourth-order valence-electron chi connectivity index (χ4n) is 1.82. The Balaban J connectivity index is 2.33. The third kappa shape index (κ3) is 2.93. The van der Waals surface area contributed by atoms with E-state index in [9.17, 15) is 19.7 Å². The van der Waals surface area contributed by atoms with Crippen molar-refractivity contribution in [2.75, 3.05) is 11.6 Å². The molecule has 2 rings (SSSR count). The van der Waals surface area contributed by atoms with E-state index in [1.165, 1.54) is 28.8 Å². The zero-order valence-electron chi connectivity index (χ0n) is 9.98. The standard InChI is InChI=1S/C11H9BrN2O5S/c12-7-1-6(2-8(3-7)14(18)19)10(15)13-5-20-4-9(13)11(16)17/h1-3,9H,4-5H2,(H,16,17)/t9-/m0/s1. The van der Waals surface area contributed by atoms with Gasteiger partial charge in [0.2, 0.25) is 0 Å². The molecule has 1 fully saturated rings. The topological polar surface area (TPSA) is 101 Å². The number of nitro groups is 1. The van der Waals surface area contributed by atoms with E-state index < -0.39 is 22.8 Å². The molecule has 1 aliphatic rings. The number of amides is 1. The lowest BCUT2D eigenvalue weighted by Crippen LogP contribution is -2.41. The van der Waals surface area contributed by atoms with Crippen molar-refractivity contribution in [3.05, 3.63) is 38.3 Å². The van der Waals surface area contributed by atoms with Gasteiger partial charge in [-0.25, -0.2) is 4.79 Å². The summed E-state index contributed by atoms with van der Waals surface area (Å²) in [6, 6.07) is 2.97. The number of carbonyl (C=O) groups is 2. The summed E-state index contributed by atoms with van der Waals surface area (Å²) in [6.07, 6.45) is 0. The summed E-state index contributed by atoms with van der Waals surface area (Å²) in [6.45, 7) is 0. The van der Waals surface area contributed by atoms with Gasteiger partial charge in [0.25, 0.3) is 11.6 Å². The minimum Gasteiger partial charge on any atom is -0.480 e. The average Bonchev–Trinajstić information content (AvgIpc) is 2.86. The molecular weight excluding hydrogens is 352 g/mol. The van der Waals surface area contributed by atoms with E-state index in [1.54, 1.807) is 0 Å². The highest BCUT2D eigenvalue weighted by Gasteiger charge is 2.35. The largest absolute Gasteiger partial charge is 0.480 e. The zero-order valence-corrected chi connectivity index (χ0v) is 12.4. The maximum Gasteiger partial charge on any atom is 0.327 e. The van der Waals surface area contributed by atoms with Gasteiger partial charge >= 0.3 is 5.97 Å². The number of thioether (sulfide) groups is 1. The highest BCUT2D eigenvalue weighted by atomic mass is 79.9. The second kappa shape index (κ2) is 5.80. The van der Waals surface area contributed by atoms with Gasteiger partial charge in [-0.3, -0.25) is 14.9 Å². The minimum absolute atomic E-state index is 0.0971. The van der Waals surface area contributed by atoms with Gasteiger partial charge in [-0.2, -0.15) is 0 Å². The molecule has 1 N–H and O–H groups in total. The predicted molar refractivity (Wildman–Crippen MR) is 75.7 cm³/mol. The molecular formula is C11H9BrN2O5S. The molecule has 0 radical (unpaired) electrons. The molecule has 0 aliphatic carbocycles. The Labute approximate surface area is 126 Å². The highest BCUT2D eigenvalue weighted by molar-refractivity contribution is 9.10. The number of halogens is 1. The van der Waals surface area contributed by atoms with Crippen molar-refractivity contribution in [3.8, 4) is 0 Å². The van der Waals surface area contributed by atoms with E-state index in [1.807, 2.05) is 0 Å².